The molecule has 0 aliphatic carbocycles. The molecule has 1 aromatic heterocycles. The van der Waals surface area contributed by atoms with Crippen molar-refractivity contribution < 1.29 is 17.6 Å². The predicted octanol–water partition coefficient (Wildman–Crippen LogP) is 3.64. The molecule has 2 amide bonds. The van der Waals surface area contributed by atoms with E-state index >= 15 is 0 Å². The molecule has 1 aliphatic heterocycles. The number of anilines is 1. The van der Waals surface area contributed by atoms with Crippen LogP contribution in [0.5, 0.6) is 0 Å². The number of hydrogen-bond acceptors (Lipinski definition) is 5. The van der Waals surface area contributed by atoms with Gasteiger partial charge in [0, 0.05) is 31.0 Å². The van der Waals surface area contributed by atoms with Gasteiger partial charge in [-0.2, -0.15) is 0 Å². The van der Waals surface area contributed by atoms with Crippen LogP contribution in [0.2, 0.25) is 0 Å². The number of amides is 2. The molecule has 1 aliphatic rings. The van der Waals surface area contributed by atoms with Gasteiger partial charge in [-0.25, -0.2) is 18.2 Å². The summed E-state index contributed by atoms with van der Waals surface area (Å²) in [4.78, 5) is 19.0. The lowest BCUT2D eigenvalue weighted by Gasteiger charge is -2.30. The quantitative estimate of drug-likeness (QED) is 0.726. The molecule has 1 N–H and O–H groups in total. The second kappa shape index (κ2) is 7.27. The van der Waals surface area contributed by atoms with Crippen molar-refractivity contribution in [1.29, 1.82) is 0 Å². The third-order valence-corrected chi connectivity index (χ3v) is 6.10. The number of hydrogen-bond donors (Lipinski definition) is 1. The number of oxazole rings is 1. The lowest BCUT2D eigenvalue weighted by molar-refractivity contribution is 0.190. The van der Waals surface area contributed by atoms with Crippen molar-refractivity contribution in [3.8, 4) is 0 Å². The Morgan fingerprint density at radius 1 is 1.11 bits per heavy atom. The highest BCUT2D eigenvalue weighted by Crippen LogP contribution is 2.30. The van der Waals surface area contributed by atoms with Gasteiger partial charge < -0.3 is 14.6 Å². The van der Waals surface area contributed by atoms with Crippen LogP contribution in [0.4, 0.5) is 10.5 Å². The molecule has 7 nitrogen and oxygen atoms in total. The second-order valence-corrected chi connectivity index (χ2v) is 9.02. The van der Waals surface area contributed by atoms with Crippen LogP contribution in [-0.4, -0.2) is 43.7 Å². The monoisotopic (exact) mass is 399 g/mol. The summed E-state index contributed by atoms with van der Waals surface area (Å²) >= 11 is 0. The van der Waals surface area contributed by atoms with Crippen LogP contribution in [0.3, 0.4) is 0 Å². The van der Waals surface area contributed by atoms with Crippen molar-refractivity contribution >= 4 is 32.7 Å². The molecule has 146 valence electrons. The van der Waals surface area contributed by atoms with E-state index in [-0.39, 0.29) is 16.8 Å². The molecule has 0 spiro atoms. The summed E-state index contributed by atoms with van der Waals surface area (Å²) in [6.45, 7) is 1.22. The summed E-state index contributed by atoms with van der Waals surface area (Å²) in [6, 6.07) is 13.7. The minimum absolute atomic E-state index is 0.192. The first kappa shape index (κ1) is 18.5. The topological polar surface area (TPSA) is 92.5 Å². The number of nitrogens with one attached hydrogen (secondary N) is 1. The molecular formula is C20H21N3O4S. The number of urea groups is 1. The van der Waals surface area contributed by atoms with E-state index < -0.39 is 9.84 Å². The highest BCUT2D eigenvalue weighted by Gasteiger charge is 2.27. The zero-order valence-electron chi connectivity index (χ0n) is 15.5. The molecule has 0 unspecified atom stereocenters. The Labute approximate surface area is 163 Å². The maximum atomic E-state index is 12.5. The van der Waals surface area contributed by atoms with Gasteiger partial charge in [0.05, 0.1) is 4.90 Å². The smallest absolute Gasteiger partial charge is 0.321 e. The number of fused-ring (bicyclic) bond motifs is 1. The lowest BCUT2D eigenvalue weighted by atomic mass is 9.97. The van der Waals surface area contributed by atoms with Crippen molar-refractivity contribution in [2.24, 2.45) is 0 Å². The van der Waals surface area contributed by atoms with Crippen molar-refractivity contribution in [2.75, 3.05) is 24.7 Å². The third kappa shape index (κ3) is 3.87. The molecule has 0 atom stereocenters. The van der Waals surface area contributed by atoms with Gasteiger partial charge in [-0.1, -0.05) is 12.1 Å². The highest BCUT2D eigenvalue weighted by atomic mass is 32.2. The van der Waals surface area contributed by atoms with E-state index in [1.807, 2.05) is 24.3 Å². The first-order valence-electron chi connectivity index (χ1n) is 9.12. The predicted molar refractivity (Wildman–Crippen MR) is 106 cm³/mol. The molecule has 28 heavy (non-hydrogen) atoms. The Morgan fingerprint density at radius 3 is 2.43 bits per heavy atom. The van der Waals surface area contributed by atoms with Crippen molar-refractivity contribution in [1.82, 2.24) is 9.88 Å². The van der Waals surface area contributed by atoms with Crippen molar-refractivity contribution in [3.05, 3.63) is 54.4 Å². The Morgan fingerprint density at radius 2 is 1.79 bits per heavy atom. The fourth-order valence-corrected chi connectivity index (χ4v) is 4.01. The number of para-hydroxylation sites is 2. The molecule has 0 bridgehead atoms. The van der Waals surface area contributed by atoms with E-state index in [2.05, 4.69) is 10.3 Å². The van der Waals surface area contributed by atoms with Crippen LogP contribution in [0.15, 0.2) is 57.8 Å². The molecule has 1 fully saturated rings. The van der Waals surface area contributed by atoms with Gasteiger partial charge in [0.25, 0.3) is 0 Å². The van der Waals surface area contributed by atoms with Crippen LogP contribution < -0.4 is 5.32 Å². The van der Waals surface area contributed by atoms with Crippen LogP contribution in [0.25, 0.3) is 11.1 Å². The fraction of sp³-hybridized carbons (Fsp3) is 0.300. The summed E-state index contributed by atoms with van der Waals surface area (Å²) in [5.41, 5.74) is 2.21. The van der Waals surface area contributed by atoms with E-state index in [9.17, 15) is 13.2 Å². The SMILES string of the molecule is CS(=O)(=O)c1ccc(NC(=O)N2CCC(c3nc4ccccc4o3)CC2)cc1. The molecule has 8 heteroatoms. The van der Waals surface area contributed by atoms with Gasteiger partial charge in [-0.3, -0.25) is 0 Å². The molecule has 0 radical (unpaired) electrons. The molecule has 3 aromatic rings. The number of likely N-dealkylation sites (tertiary alicyclic amines) is 1. The first-order chi connectivity index (χ1) is 13.4. The summed E-state index contributed by atoms with van der Waals surface area (Å²) < 4.78 is 28.9. The number of aromatic nitrogens is 1. The number of rotatable bonds is 3. The third-order valence-electron chi connectivity index (χ3n) is 4.98. The van der Waals surface area contributed by atoms with Gasteiger partial charge in [-0.15, -0.1) is 0 Å². The second-order valence-electron chi connectivity index (χ2n) is 7.01. The zero-order valence-corrected chi connectivity index (χ0v) is 16.3. The van der Waals surface area contributed by atoms with Crippen molar-refractivity contribution in [2.45, 2.75) is 23.7 Å². The van der Waals surface area contributed by atoms with Crippen molar-refractivity contribution in [3.63, 3.8) is 0 Å². The molecular weight excluding hydrogens is 378 g/mol. The number of piperidine rings is 1. The number of nitrogens with zero attached hydrogens (tertiary/aromatic N) is 2. The molecule has 2 aromatic carbocycles. The van der Waals surface area contributed by atoms with Gasteiger partial charge in [0.15, 0.2) is 21.3 Å². The Balaban J connectivity index is 1.36. The molecule has 4 rings (SSSR count). The summed E-state index contributed by atoms with van der Waals surface area (Å²) in [7, 11) is -3.25. The van der Waals surface area contributed by atoms with Crippen LogP contribution >= 0.6 is 0 Å². The maximum absolute atomic E-state index is 12.5. The fourth-order valence-electron chi connectivity index (χ4n) is 3.38. The number of sulfone groups is 1. The van der Waals surface area contributed by atoms with E-state index in [0.717, 1.165) is 36.1 Å². The van der Waals surface area contributed by atoms with Crippen LogP contribution in [0.1, 0.15) is 24.7 Å². The summed E-state index contributed by atoms with van der Waals surface area (Å²) in [5.74, 6) is 0.933. The van der Waals surface area contributed by atoms with Gasteiger partial charge >= 0.3 is 6.03 Å². The van der Waals surface area contributed by atoms with Gasteiger partial charge in [0.1, 0.15) is 5.52 Å². The largest absolute Gasteiger partial charge is 0.440 e. The van der Waals surface area contributed by atoms with E-state index in [0.29, 0.717) is 18.8 Å². The van der Waals surface area contributed by atoms with Crippen LogP contribution in [0, 0.1) is 0 Å². The van der Waals surface area contributed by atoms with E-state index in [1.54, 1.807) is 17.0 Å². The molecule has 2 heterocycles. The minimum Gasteiger partial charge on any atom is -0.440 e. The number of carbonyl (C=O) groups is 1. The summed E-state index contributed by atoms with van der Waals surface area (Å²) in [6.07, 6.45) is 2.72. The Hall–Kier alpha value is -2.87. The average Bonchev–Trinajstić information content (AvgIpc) is 3.12. The Kier molecular flexibility index (Phi) is 4.80. The van der Waals surface area contributed by atoms with Gasteiger partial charge in [-0.05, 0) is 49.2 Å². The lowest BCUT2D eigenvalue weighted by Crippen LogP contribution is -2.40. The number of carbonyl (C=O) groups excluding carboxylic acids is 1. The van der Waals surface area contributed by atoms with E-state index in [1.165, 1.54) is 12.1 Å². The van der Waals surface area contributed by atoms with Gasteiger partial charge in [0.2, 0.25) is 0 Å². The standard InChI is InChI=1S/C20H21N3O4S/c1-28(25,26)16-8-6-15(7-9-16)21-20(24)23-12-10-14(11-13-23)19-22-17-4-2-3-5-18(17)27-19/h2-9,14H,10-13H2,1H3,(H,21,24). The maximum Gasteiger partial charge on any atom is 0.321 e. The Bertz CT molecular complexity index is 1060. The molecule has 1 saturated heterocycles. The van der Waals surface area contributed by atoms with Crippen LogP contribution in [-0.2, 0) is 9.84 Å². The zero-order chi connectivity index (χ0) is 19.7. The number of benzene rings is 2. The highest BCUT2D eigenvalue weighted by molar-refractivity contribution is 7.90. The minimum atomic E-state index is -3.25. The average molecular weight is 399 g/mol. The first-order valence-corrected chi connectivity index (χ1v) is 11.0. The van der Waals surface area contributed by atoms with E-state index in [4.69, 9.17) is 4.42 Å². The summed E-state index contributed by atoms with van der Waals surface area (Å²) in [5, 5.41) is 2.82. The normalized spacial score (nSPS) is 15.7. The molecule has 0 saturated carbocycles.